The number of esters is 2. The smallest absolute Gasteiger partial charge is 0.333 e. The summed E-state index contributed by atoms with van der Waals surface area (Å²) in [6, 6.07) is 8.07. The van der Waals surface area contributed by atoms with E-state index in [4.69, 9.17) is 23.7 Å². The number of phenols is 1. The third-order valence-electron chi connectivity index (χ3n) is 12.6. The summed E-state index contributed by atoms with van der Waals surface area (Å²) in [4.78, 5) is 35.5. The van der Waals surface area contributed by atoms with E-state index in [1.54, 1.807) is 18.9 Å². The number of hydrogen-bond acceptors (Lipinski definition) is 13. The van der Waals surface area contributed by atoms with Gasteiger partial charge in [0, 0.05) is 58.4 Å². The van der Waals surface area contributed by atoms with Gasteiger partial charge < -0.3 is 38.9 Å². The summed E-state index contributed by atoms with van der Waals surface area (Å²) in [5.41, 5.74) is 6.07. The van der Waals surface area contributed by atoms with Crippen LogP contribution in [0.4, 0.5) is 0 Å². The fourth-order valence-electron chi connectivity index (χ4n) is 10.4. The molecule has 2 saturated heterocycles. The summed E-state index contributed by atoms with van der Waals surface area (Å²) in [5, 5.41) is 28.7. The highest BCUT2D eigenvalue weighted by Crippen LogP contribution is 2.64. The monoisotopic (exact) mass is 754 g/mol. The zero-order valence-electron chi connectivity index (χ0n) is 30.6. The van der Waals surface area contributed by atoms with Crippen LogP contribution in [0.5, 0.6) is 28.7 Å². The van der Waals surface area contributed by atoms with Crippen molar-refractivity contribution in [2.75, 3.05) is 39.9 Å². The Morgan fingerprint density at radius 2 is 1.89 bits per heavy atom. The molecule has 0 amide bonds. The van der Waals surface area contributed by atoms with Crippen molar-refractivity contribution in [3.8, 4) is 28.7 Å². The number of aliphatic hydroxyl groups excluding tert-OH is 1. The van der Waals surface area contributed by atoms with Crippen LogP contribution in [0, 0.1) is 13.8 Å². The minimum Gasteiger partial charge on any atom is -0.504 e. The lowest BCUT2D eigenvalue weighted by atomic mass is 9.73. The number of aromatic hydroxyl groups is 1. The van der Waals surface area contributed by atoms with Gasteiger partial charge in [-0.1, -0.05) is 24.3 Å². The van der Waals surface area contributed by atoms with Crippen LogP contribution < -0.4 is 24.3 Å². The number of methoxy groups -OCH3 is 1. The number of para-hydroxylation sites is 1. The van der Waals surface area contributed by atoms with Crippen molar-refractivity contribution >= 4 is 34.6 Å². The number of nitrogens with zero attached hydrogens (tertiary/aromatic N) is 2. The van der Waals surface area contributed by atoms with Crippen molar-refractivity contribution in [2.24, 2.45) is 0 Å². The number of rotatable bonds is 2. The lowest BCUT2D eigenvalue weighted by Gasteiger charge is -2.62. The number of carbonyl (C=O) groups is 2. The lowest BCUT2D eigenvalue weighted by Crippen LogP contribution is -2.70. The highest BCUT2D eigenvalue weighted by Gasteiger charge is 2.61. The van der Waals surface area contributed by atoms with Gasteiger partial charge in [0.05, 0.1) is 36.2 Å². The van der Waals surface area contributed by atoms with Gasteiger partial charge in [-0.3, -0.25) is 19.9 Å². The number of nitrogens with one attached hydrogen (secondary N) is 2. The Kier molecular flexibility index (Phi) is 7.58. The second-order valence-corrected chi connectivity index (χ2v) is 16.4. The van der Waals surface area contributed by atoms with Gasteiger partial charge >= 0.3 is 11.9 Å². The average molecular weight is 755 g/mol. The largest absolute Gasteiger partial charge is 0.504 e. The van der Waals surface area contributed by atoms with Gasteiger partial charge in [-0.15, -0.1) is 11.8 Å². The van der Waals surface area contributed by atoms with Crippen molar-refractivity contribution < 1.29 is 43.5 Å². The number of piperazine rings is 1. The molecule has 4 bridgehead atoms. The van der Waals surface area contributed by atoms with Gasteiger partial charge in [0.25, 0.3) is 0 Å². The van der Waals surface area contributed by atoms with Gasteiger partial charge in [-0.2, -0.15) is 0 Å². The van der Waals surface area contributed by atoms with E-state index < -0.39 is 47.1 Å². The van der Waals surface area contributed by atoms with E-state index in [2.05, 4.69) is 27.3 Å². The highest BCUT2D eigenvalue weighted by molar-refractivity contribution is 7.99. The summed E-state index contributed by atoms with van der Waals surface area (Å²) in [7, 11) is 3.54. The second kappa shape index (κ2) is 12.0. The zero-order valence-corrected chi connectivity index (χ0v) is 31.5. The van der Waals surface area contributed by atoms with Crippen LogP contribution in [0.15, 0.2) is 30.3 Å². The summed E-state index contributed by atoms with van der Waals surface area (Å²) in [6.45, 7) is 5.54. The van der Waals surface area contributed by atoms with Crippen molar-refractivity contribution in [1.82, 2.24) is 20.1 Å². The number of phenolic OH excluding ortho intramolecular Hbond substituents is 1. The van der Waals surface area contributed by atoms with E-state index in [0.29, 0.717) is 47.1 Å². The molecule has 1 spiro atoms. The maximum absolute atomic E-state index is 14.8. The van der Waals surface area contributed by atoms with Crippen molar-refractivity contribution in [2.45, 2.75) is 74.8 Å². The topological polar surface area (TPSA) is 155 Å². The third kappa shape index (κ3) is 4.42. The van der Waals surface area contributed by atoms with E-state index in [1.165, 1.54) is 6.92 Å². The molecule has 3 aromatic carbocycles. The fraction of sp³-hybridized carbons (Fsp3) is 0.450. The fourth-order valence-corrected chi connectivity index (χ4v) is 12.1. The molecule has 11 rings (SSSR count). The van der Waals surface area contributed by atoms with Crippen molar-refractivity contribution in [3.63, 3.8) is 0 Å². The summed E-state index contributed by atoms with van der Waals surface area (Å²) in [5.74, 6) is 1.13. The first-order valence-electron chi connectivity index (χ1n) is 18.4. The number of aromatic amines is 1. The van der Waals surface area contributed by atoms with Crippen molar-refractivity contribution in [1.29, 1.82) is 0 Å². The minimum atomic E-state index is -1.23. The van der Waals surface area contributed by atoms with Crippen LogP contribution in [0.2, 0.25) is 0 Å². The van der Waals surface area contributed by atoms with Crippen LogP contribution in [0.1, 0.15) is 68.9 Å². The number of aromatic nitrogens is 1. The summed E-state index contributed by atoms with van der Waals surface area (Å²) >= 11 is 1.54. The second-order valence-electron chi connectivity index (χ2n) is 15.3. The first-order valence-corrected chi connectivity index (χ1v) is 19.5. The molecule has 1 aromatic heterocycles. The Balaban J connectivity index is 1.24. The Morgan fingerprint density at radius 3 is 2.69 bits per heavy atom. The van der Waals surface area contributed by atoms with E-state index in [1.807, 2.05) is 44.0 Å². The number of benzene rings is 3. The van der Waals surface area contributed by atoms with Gasteiger partial charge in [-0.05, 0) is 56.5 Å². The molecule has 4 aromatic rings. The number of hydrogen-bond donors (Lipinski definition) is 4. The molecule has 14 heteroatoms. The van der Waals surface area contributed by atoms with Gasteiger partial charge in [0.15, 0.2) is 28.5 Å². The molecule has 7 atom stereocenters. The first-order chi connectivity index (χ1) is 26.1. The molecule has 8 heterocycles. The predicted octanol–water partition coefficient (Wildman–Crippen LogP) is 4.18. The maximum atomic E-state index is 14.8. The Bertz CT molecular complexity index is 2290. The molecule has 0 aliphatic carbocycles. The van der Waals surface area contributed by atoms with Gasteiger partial charge in [0.2, 0.25) is 6.79 Å². The molecule has 4 N–H and O–H groups in total. The van der Waals surface area contributed by atoms with E-state index in [9.17, 15) is 19.8 Å². The maximum Gasteiger partial charge on any atom is 0.333 e. The average Bonchev–Trinajstić information content (AvgIpc) is 3.80. The number of aliphatic hydroxyl groups is 1. The molecular formula is C40H42N4O9S. The molecule has 7 aliphatic heterocycles. The number of fused-ring (bicyclic) bond motifs is 11. The minimum absolute atomic E-state index is 0.0347. The third-order valence-corrected chi connectivity index (χ3v) is 14.1. The predicted molar refractivity (Wildman–Crippen MR) is 198 cm³/mol. The van der Waals surface area contributed by atoms with Crippen LogP contribution in [-0.2, 0) is 32.7 Å². The summed E-state index contributed by atoms with van der Waals surface area (Å²) in [6.07, 6.45) is 0.205. The molecule has 13 nitrogen and oxygen atoms in total. The van der Waals surface area contributed by atoms with Crippen LogP contribution >= 0.6 is 11.8 Å². The zero-order chi connectivity index (χ0) is 37.4. The van der Waals surface area contributed by atoms with Crippen LogP contribution in [0.25, 0.3) is 10.9 Å². The normalized spacial score (nSPS) is 29.6. The van der Waals surface area contributed by atoms with Crippen LogP contribution in [-0.4, -0.2) is 95.1 Å². The molecule has 54 heavy (non-hydrogen) atoms. The van der Waals surface area contributed by atoms with Gasteiger partial charge in [-0.25, -0.2) is 4.79 Å². The first kappa shape index (κ1) is 34.1. The Hall–Kier alpha value is -4.47. The Labute approximate surface area is 315 Å². The molecule has 282 valence electrons. The van der Waals surface area contributed by atoms with E-state index >= 15 is 0 Å². The van der Waals surface area contributed by atoms with E-state index in [-0.39, 0.29) is 30.9 Å². The standard InChI is InChI=1S/C40H42N4O9S/c1-17-12-20-13-24-38(47)44-25-14-50-39(48)40(37-22(10-11-41-40)21-8-6-7-9-23(21)42-37)15-54-36(30(44)29(43(24)4)26(20)31(46)32(17)49-5)28-27(25)35-34(51-16-52-35)18(2)33(28)53-19(3)45/h6-9,12,24-25,29-30,36,38,41-42,46-47H,10-11,13-16H2,1-5H3/t24-,25-,29+,30-,36+,38+,40+/m0/s1. The number of carbonyl (C=O) groups excluding carboxylic acids is 2. The lowest BCUT2D eigenvalue weighted by molar-refractivity contribution is -0.186. The number of thioether (sulfide) groups is 1. The molecule has 7 aliphatic rings. The molecular weight excluding hydrogens is 713 g/mol. The number of ether oxygens (including phenoxy) is 5. The summed E-state index contributed by atoms with van der Waals surface area (Å²) < 4.78 is 30.6. The number of aryl methyl sites for hydroxylation is 1. The molecule has 2 fully saturated rings. The number of likely N-dealkylation sites (N-methyl/N-ethyl adjacent to an activating group) is 1. The van der Waals surface area contributed by atoms with E-state index in [0.717, 1.165) is 50.8 Å². The van der Waals surface area contributed by atoms with Crippen LogP contribution in [0.3, 0.4) is 0 Å². The molecule has 0 unspecified atom stereocenters. The quantitative estimate of drug-likeness (QED) is 0.171. The Morgan fingerprint density at radius 1 is 1.09 bits per heavy atom. The molecule has 0 radical (unpaired) electrons. The van der Waals surface area contributed by atoms with Gasteiger partial charge in [0.1, 0.15) is 18.6 Å². The SMILES string of the molecule is COc1c(C)cc2c(c1O)[C@@H]1[C@H]3[C@@H]4SC[C@]5(NCCc6c5[nH]c5ccccc65)C(=O)OC[C@@H](c5c6c(c(C)c(OC(C)=O)c54)OCO6)N3[C@H](O)[C@H](C2)N1C. The van der Waals surface area contributed by atoms with Crippen molar-refractivity contribution in [3.05, 3.63) is 75.0 Å². The molecule has 0 saturated carbocycles. The number of H-pyrrole nitrogens is 1. The highest BCUT2D eigenvalue weighted by atomic mass is 32.2.